The van der Waals surface area contributed by atoms with Gasteiger partial charge in [-0.2, -0.15) is 5.10 Å². The van der Waals surface area contributed by atoms with E-state index in [1.807, 2.05) is 11.7 Å². The highest BCUT2D eigenvalue weighted by atomic mass is 35.5. The molecule has 1 aromatic rings. The highest BCUT2D eigenvalue weighted by molar-refractivity contribution is 6.31. The first-order valence-electron chi connectivity index (χ1n) is 8.17. The maximum absolute atomic E-state index is 6.44. The molecule has 0 fully saturated rings. The first kappa shape index (κ1) is 18.5. The second kappa shape index (κ2) is 8.16. The minimum Gasteiger partial charge on any atom is -0.307 e. The minimum absolute atomic E-state index is 0.0525. The summed E-state index contributed by atoms with van der Waals surface area (Å²) in [5.74, 6) is 0. The molecule has 0 amide bonds. The van der Waals surface area contributed by atoms with Crippen LogP contribution in [0.2, 0.25) is 5.02 Å². The van der Waals surface area contributed by atoms with Crippen molar-refractivity contribution in [1.29, 1.82) is 0 Å². The molecule has 1 heterocycles. The van der Waals surface area contributed by atoms with Gasteiger partial charge in [0.25, 0.3) is 0 Å². The lowest BCUT2D eigenvalue weighted by Crippen LogP contribution is -2.56. The Morgan fingerprint density at radius 1 is 1.24 bits per heavy atom. The zero-order valence-electron chi connectivity index (χ0n) is 14.4. The van der Waals surface area contributed by atoms with Crippen LogP contribution in [0.1, 0.15) is 59.2 Å². The number of nitrogens with one attached hydrogen (secondary N) is 1. The number of aromatic nitrogens is 2. The first-order valence-corrected chi connectivity index (χ1v) is 8.55. The lowest BCUT2D eigenvalue weighted by molar-refractivity contribution is 0.0465. The van der Waals surface area contributed by atoms with Gasteiger partial charge in [0.2, 0.25) is 0 Å². The van der Waals surface area contributed by atoms with Crippen LogP contribution in [0, 0.1) is 0 Å². The largest absolute Gasteiger partial charge is 0.307 e. The molecule has 0 spiro atoms. The van der Waals surface area contributed by atoms with E-state index in [4.69, 9.17) is 11.6 Å². The Kier molecular flexibility index (Phi) is 7.17. The number of aryl methyl sites for hydroxylation is 1. The predicted octanol–water partition coefficient (Wildman–Crippen LogP) is 3.62. The molecule has 1 aromatic heterocycles. The van der Waals surface area contributed by atoms with Crippen LogP contribution in [0.15, 0.2) is 6.20 Å². The second-order valence-corrected chi connectivity index (χ2v) is 5.88. The summed E-state index contributed by atoms with van der Waals surface area (Å²) in [4.78, 5) is 2.56. The summed E-state index contributed by atoms with van der Waals surface area (Å²) < 4.78 is 1.92. The lowest BCUT2D eigenvalue weighted by atomic mass is 9.80. The molecular weight excluding hydrogens is 284 g/mol. The average Bonchev–Trinajstić information content (AvgIpc) is 2.82. The van der Waals surface area contributed by atoms with Gasteiger partial charge >= 0.3 is 0 Å². The Balaban J connectivity index is 3.39. The molecule has 0 aliphatic carbocycles. The summed E-state index contributed by atoms with van der Waals surface area (Å²) in [6.45, 7) is 14.2. The number of rotatable bonds is 9. The average molecular weight is 315 g/mol. The van der Waals surface area contributed by atoms with E-state index < -0.39 is 0 Å². The van der Waals surface area contributed by atoms with E-state index in [2.05, 4.69) is 49.9 Å². The van der Waals surface area contributed by atoms with E-state index in [9.17, 15) is 0 Å². The standard InChI is InChI=1S/C16H31ClN4/c1-7-16(8-2,21(10-4)11-5)15(18-9-3)14-13(17)12-19-20(14)6/h12,15,18H,7-11H2,1-6H3. The Morgan fingerprint density at radius 3 is 2.14 bits per heavy atom. The molecular formula is C16H31ClN4. The highest BCUT2D eigenvalue weighted by Gasteiger charge is 2.42. The van der Waals surface area contributed by atoms with Gasteiger partial charge in [-0.1, -0.05) is 46.2 Å². The lowest BCUT2D eigenvalue weighted by Gasteiger charge is -2.48. The molecule has 0 aliphatic heterocycles. The topological polar surface area (TPSA) is 33.1 Å². The van der Waals surface area contributed by atoms with E-state index in [0.29, 0.717) is 0 Å². The SMILES string of the molecule is CCNC(c1c(Cl)cnn1C)C(CC)(CC)N(CC)CC. The number of likely N-dealkylation sites (N-methyl/N-ethyl adjacent to an activating group) is 2. The van der Waals surface area contributed by atoms with Crippen molar-refractivity contribution in [2.45, 2.75) is 59.0 Å². The van der Waals surface area contributed by atoms with Gasteiger partial charge in [-0.05, 0) is 32.5 Å². The van der Waals surface area contributed by atoms with E-state index >= 15 is 0 Å². The van der Waals surface area contributed by atoms with Crippen molar-refractivity contribution < 1.29 is 0 Å². The monoisotopic (exact) mass is 314 g/mol. The highest BCUT2D eigenvalue weighted by Crippen LogP contribution is 2.39. The molecule has 0 radical (unpaired) electrons. The third-order valence-electron chi connectivity index (χ3n) is 4.77. The van der Waals surface area contributed by atoms with Crippen LogP contribution >= 0.6 is 11.6 Å². The van der Waals surface area contributed by atoms with Gasteiger partial charge in [0.15, 0.2) is 0 Å². The molecule has 1 N–H and O–H groups in total. The molecule has 1 atom stereocenters. The fourth-order valence-electron chi connectivity index (χ4n) is 3.63. The van der Waals surface area contributed by atoms with Crippen molar-refractivity contribution in [3.05, 3.63) is 16.9 Å². The summed E-state index contributed by atoms with van der Waals surface area (Å²) in [6.07, 6.45) is 3.90. The molecule has 0 saturated heterocycles. The maximum Gasteiger partial charge on any atom is 0.0834 e. The second-order valence-electron chi connectivity index (χ2n) is 5.48. The molecule has 122 valence electrons. The van der Waals surface area contributed by atoms with Gasteiger partial charge in [0, 0.05) is 12.6 Å². The van der Waals surface area contributed by atoms with Gasteiger partial charge in [-0.25, -0.2) is 0 Å². The first-order chi connectivity index (χ1) is 10.0. The minimum atomic E-state index is 0.0525. The Morgan fingerprint density at radius 2 is 1.81 bits per heavy atom. The number of hydrogen-bond acceptors (Lipinski definition) is 3. The summed E-state index contributed by atoms with van der Waals surface area (Å²) in [5, 5.41) is 8.76. The summed E-state index contributed by atoms with van der Waals surface area (Å²) in [7, 11) is 1.98. The van der Waals surface area contributed by atoms with Gasteiger partial charge < -0.3 is 5.32 Å². The quantitative estimate of drug-likeness (QED) is 0.755. The van der Waals surface area contributed by atoms with Crippen LogP contribution < -0.4 is 5.32 Å². The summed E-state index contributed by atoms with van der Waals surface area (Å²) >= 11 is 6.44. The van der Waals surface area contributed by atoms with Gasteiger partial charge in [-0.3, -0.25) is 9.58 Å². The third-order valence-corrected chi connectivity index (χ3v) is 5.07. The van der Waals surface area contributed by atoms with Crippen molar-refractivity contribution in [1.82, 2.24) is 20.0 Å². The molecule has 4 nitrogen and oxygen atoms in total. The van der Waals surface area contributed by atoms with Crippen molar-refractivity contribution in [2.75, 3.05) is 19.6 Å². The van der Waals surface area contributed by atoms with E-state index in [0.717, 1.165) is 43.2 Å². The maximum atomic E-state index is 6.44. The number of nitrogens with zero attached hydrogens (tertiary/aromatic N) is 3. The van der Waals surface area contributed by atoms with Crippen LogP contribution in [-0.4, -0.2) is 39.9 Å². The van der Waals surface area contributed by atoms with Crippen molar-refractivity contribution in [3.63, 3.8) is 0 Å². The normalized spacial score (nSPS) is 13.9. The van der Waals surface area contributed by atoms with Crippen LogP contribution in [0.4, 0.5) is 0 Å². The van der Waals surface area contributed by atoms with E-state index in [1.165, 1.54) is 0 Å². The Labute approximate surface area is 134 Å². The molecule has 5 heteroatoms. The number of hydrogen-bond donors (Lipinski definition) is 1. The van der Waals surface area contributed by atoms with Gasteiger partial charge in [-0.15, -0.1) is 0 Å². The summed E-state index contributed by atoms with van der Waals surface area (Å²) in [5.41, 5.74) is 1.14. The predicted molar refractivity (Wildman–Crippen MR) is 90.9 cm³/mol. The van der Waals surface area contributed by atoms with Crippen LogP contribution in [0.25, 0.3) is 0 Å². The fraction of sp³-hybridized carbons (Fsp3) is 0.812. The zero-order chi connectivity index (χ0) is 16.0. The van der Waals surface area contributed by atoms with Crippen molar-refractivity contribution >= 4 is 11.6 Å². The Bertz CT molecular complexity index is 402. The van der Waals surface area contributed by atoms with Gasteiger partial charge in [0.1, 0.15) is 0 Å². The molecule has 1 unspecified atom stereocenters. The van der Waals surface area contributed by atoms with E-state index in [1.54, 1.807) is 6.20 Å². The van der Waals surface area contributed by atoms with Crippen LogP contribution in [0.5, 0.6) is 0 Å². The molecule has 1 rings (SSSR count). The van der Waals surface area contributed by atoms with Crippen molar-refractivity contribution in [2.24, 2.45) is 7.05 Å². The molecule has 0 aliphatic rings. The van der Waals surface area contributed by atoms with Crippen molar-refractivity contribution in [3.8, 4) is 0 Å². The molecule has 0 aromatic carbocycles. The summed E-state index contributed by atoms with van der Waals surface area (Å²) in [6, 6.07) is 0.178. The third kappa shape index (κ3) is 3.43. The van der Waals surface area contributed by atoms with Gasteiger partial charge in [0.05, 0.1) is 23.0 Å². The molecule has 0 bridgehead atoms. The molecule has 21 heavy (non-hydrogen) atoms. The molecule has 0 saturated carbocycles. The number of halogens is 1. The van der Waals surface area contributed by atoms with Crippen LogP contribution in [-0.2, 0) is 7.05 Å². The Hall–Kier alpha value is -0.580. The fourth-order valence-corrected chi connectivity index (χ4v) is 3.91. The van der Waals surface area contributed by atoms with E-state index in [-0.39, 0.29) is 11.6 Å². The smallest absolute Gasteiger partial charge is 0.0834 e. The van der Waals surface area contributed by atoms with Crippen LogP contribution in [0.3, 0.4) is 0 Å². The zero-order valence-corrected chi connectivity index (χ0v) is 15.2.